The molecule has 0 aromatic heterocycles. The second-order valence-electron chi connectivity index (χ2n) is 8.46. The fraction of sp³-hybridized carbons (Fsp3) is 0.696. The van der Waals surface area contributed by atoms with E-state index in [1.54, 1.807) is 6.08 Å². The summed E-state index contributed by atoms with van der Waals surface area (Å²) < 4.78 is 11.2. The number of hydrogen-bond donors (Lipinski definition) is 2. The zero-order chi connectivity index (χ0) is 20.0. The van der Waals surface area contributed by atoms with E-state index in [1.165, 1.54) is 5.57 Å². The Morgan fingerprint density at radius 2 is 2.00 bits per heavy atom. The Kier molecular flexibility index (Phi) is 7.49. The lowest BCUT2D eigenvalue weighted by molar-refractivity contribution is -0.117. The first-order chi connectivity index (χ1) is 13.5. The molecule has 2 heterocycles. The van der Waals surface area contributed by atoms with Crippen molar-refractivity contribution in [1.82, 2.24) is 5.32 Å². The molecule has 1 amide bonds. The van der Waals surface area contributed by atoms with Crippen molar-refractivity contribution in [2.75, 3.05) is 13.2 Å². The van der Waals surface area contributed by atoms with Crippen molar-refractivity contribution in [1.29, 1.82) is 0 Å². The summed E-state index contributed by atoms with van der Waals surface area (Å²) in [6.07, 6.45) is 16.2. The van der Waals surface area contributed by atoms with Crippen molar-refractivity contribution in [3.63, 3.8) is 0 Å². The monoisotopic (exact) mass is 389 g/mol. The molecule has 156 valence electrons. The van der Waals surface area contributed by atoms with Gasteiger partial charge >= 0.3 is 0 Å². The van der Waals surface area contributed by atoms with E-state index in [2.05, 4.69) is 24.4 Å². The molecule has 1 aliphatic carbocycles. The molecule has 3 aliphatic rings. The number of carbonyl (C=O) groups is 1. The number of carbonyl (C=O) groups excluding carboxylic acids is 1. The molecule has 5 heteroatoms. The summed E-state index contributed by atoms with van der Waals surface area (Å²) in [6.45, 7) is 5.42. The third-order valence-electron chi connectivity index (χ3n) is 6.22. The van der Waals surface area contributed by atoms with E-state index in [4.69, 9.17) is 9.47 Å². The number of rotatable bonds is 7. The zero-order valence-corrected chi connectivity index (χ0v) is 17.2. The lowest BCUT2D eigenvalue weighted by Gasteiger charge is -2.31. The van der Waals surface area contributed by atoms with Crippen molar-refractivity contribution in [2.24, 2.45) is 5.92 Å². The maximum atomic E-state index is 11.8. The van der Waals surface area contributed by atoms with Crippen LogP contribution in [-0.2, 0) is 14.3 Å². The Bertz CT molecular complexity index is 612. The first-order valence-corrected chi connectivity index (χ1v) is 10.8. The molecule has 3 fully saturated rings. The highest BCUT2D eigenvalue weighted by atomic mass is 16.6. The van der Waals surface area contributed by atoms with Gasteiger partial charge in [-0.1, -0.05) is 36.8 Å². The van der Waals surface area contributed by atoms with E-state index in [0.29, 0.717) is 25.2 Å². The van der Waals surface area contributed by atoms with Crippen LogP contribution in [0.3, 0.4) is 0 Å². The normalized spacial score (nSPS) is 36.3. The third kappa shape index (κ3) is 5.79. The molecule has 2 saturated heterocycles. The van der Waals surface area contributed by atoms with Gasteiger partial charge in [0.25, 0.3) is 0 Å². The highest BCUT2D eigenvalue weighted by molar-refractivity contribution is 5.87. The Morgan fingerprint density at radius 1 is 1.25 bits per heavy atom. The molecular formula is C23H35NO4. The zero-order valence-electron chi connectivity index (χ0n) is 17.2. The van der Waals surface area contributed by atoms with Gasteiger partial charge in [-0.15, -0.1) is 0 Å². The summed E-state index contributed by atoms with van der Waals surface area (Å²) >= 11 is 0. The summed E-state index contributed by atoms with van der Waals surface area (Å²) in [7, 11) is 0. The molecule has 0 radical (unpaired) electrons. The Hall–Kier alpha value is -1.43. The topological polar surface area (TPSA) is 71.1 Å². The SMILES string of the molecule is CC/C=C\C(=O)NC1CCC(C/C=C(C)/C=C/[C@H]2OCC[C@@]3(CO3)[C@@H]2O)CC1. The maximum absolute atomic E-state index is 11.8. The Labute approximate surface area is 168 Å². The van der Waals surface area contributed by atoms with Crippen LogP contribution in [-0.4, -0.2) is 48.1 Å². The molecule has 1 spiro atoms. The van der Waals surface area contributed by atoms with E-state index in [-0.39, 0.29) is 17.6 Å². The number of hydrogen-bond acceptors (Lipinski definition) is 4. The van der Waals surface area contributed by atoms with E-state index in [1.807, 2.05) is 19.1 Å². The minimum Gasteiger partial charge on any atom is -0.387 e. The minimum atomic E-state index is -0.567. The van der Waals surface area contributed by atoms with Crippen LogP contribution in [0.4, 0.5) is 0 Å². The third-order valence-corrected chi connectivity index (χ3v) is 6.22. The van der Waals surface area contributed by atoms with Gasteiger partial charge in [-0.2, -0.15) is 0 Å². The van der Waals surface area contributed by atoms with Crippen LogP contribution in [0.5, 0.6) is 0 Å². The van der Waals surface area contributed by atoms with Gasteiger partial charge in [0.1, 0.15) is 17.8 Å². The summed E-state index contributed by atoms with van der Waals surface area (Å²) in [4.78, 5) is 11.8. The first kappa shape index (κ1) is 21.3. The van der Waals surface area contributed by atoms with Crippen LogP contribution in [0, 0.1) is 5.92 Å². The Morgan fingerprint density at radius 3 is 2.68 bits per heavy atom. The largest absolute Gasteiger partial charge is 0.387 e. The van der Waals surface area contributed by atoms with Crippen molar-refractivity contribution in [2.45, 2.75) is 82.6 Å². The molecule has 0 aromatic carbocycles. The molecule has 3 atom stereocenters. The fourth-order valence-electron chi connectivity index (χ4n) is 4.16. The molecule has 2 N–H and O–H groups in total. The summed E-state index contributed by atoms with van der Waals surface area (Å²) in [6, 6.07) is 0.317. The van der Waals surface area contributed by atoms with Crippen LogP contribution < -0.4 is 5.32 Å². The van der Waals surface area contributed by atoms with Gasteiger partial charge in [0.15, 0.2) is 0 Å². The van der Waals surface area contributed by atoms with Gasteiger partial charge in [0.2, 0.25) is 5.91 Å². The van der Waals surface area contributed by atoms with Crippen molar-refractivity contribution in [3.8, 4) is 0 Å². The van der Waals surface area contributed by atoms with Crippen LogP contribution in [0.2, 0.25) is 0 Å². The summed E-state index contributed by atoms with van der Waals surface area (Å²) in [5, 5.41) is 13.5. The van der Waals surface area contributed by atoms with E-state index in [0.717, 1.165) is 44.9 Å². The second kappa shape index (κ2) is 9.86. The predicted molar refractivity (Wildman–Crippen MR) is 110 cm³/mol. The van der Waals surface area contributed by atoms with Gasteiger partial charge in [0, 0.05) is 12.5 Å². The number of amides is 1. The lowest BCUT2D eigenvalue weighted by Crippen LogP contribution is -2.46. The van der Waals surface area contributed by atoms with Gasteiger partial charge < -0.3 is 19.9 Å². The number of ether oxygens (including phenoxy) is 2. The highest BCUT2D eigenvalue weighted by Crippen LogP contribution is 2.40. The van der Waals surface area contributed by atoms with Gasteiger partial charge in [-0.25, -0.2) is 0 Å². The second-order valence-corrected chi connectivity index (χ2v) is 8.46. The molecule has 3 rings (SSSR count). The average Bonchev–Trinajstić information content (AvgIpc) is 3.47. The van der Waals surface area contributed by atoms with E-state index >= 15 is 0 Å². The molecule has 5 nitrogen and oxygen atoms in total. The summed E-state index contributed by atoms with van der Waals surface area (Å²) in [5.41, 5.74) is 0.859. The van der Waals surface area contributed by atoms with Crippen LogP contribution >= 0.6 is 0 Å². The number of aliphatic hydroxyl groups excluding tert-OH is 1. The Balaban J connectivity index is 1.38. The molecule has 28 heavy (non-hydrogen) atoms. The van der Waals surface area contributed by atoms with Gasteiger partial charge in [-0.05, 0) is 57.4 Å². The standard InChI is InChI=1S/C23H35NO4/c1-3-4-5-21(25)24-19-11-9-18(10-12-19)8-6-17(2)7-13-20-22(26)23(16-28-23)14-15-27-20/h4-7,13,18-20,22,26H,3,8-12,14-16H2,1-2H3,(H,24,25)/b5-4-,13-7+,17-6+/t18?,19?,20-,22-,23-/m1/s1. The molecule has 2 aliphatic heterocycles. The van der Waals surface area contributed by atoms with Gasteiger partial charge in [-0.3, -0.25) is 4.79 Å². The predicted octanol–water partition coefficient (Wildman–Crippen LogP) is 3.44. The molecular weight excluding hydrogens is 354 g/mol. The van der Waals surface area contributed by atoms with Crippen molar-refractivity contribution < 1.29 is 19.4 Å². The molecule has 0 unspecified atom stereocenters. The first-order valence-electron chi connectivity index (χ1n) is 10.8. The lowest BCUT2D eigenvalue weighted by atomic mass is 9.83. The highest BCUT2D eigenvalue weighted by Gasteiger charge is 2.55. The number of epoxide rings is 1. The smallest absolute Gasteiger partial charge is 0.243 e. The molecule has 0 aromatic rings. The fourth-order valence-corrected chi connectivity index (χ4v) is 4.16. The van der Waals surface area contributed by atoms with Crippen molar-refractivity contribution in [3.05, 3.63) is 36.0 Å². The van der Waals surface area contributed by atoms with E-state index < -0.39 is 6.10 Å². The van der Waals surface area contributed by atoms with Crippen LogP contribution in [0.25, 0.3) is 0 Å². The average molecular weight is 390 g/mol. The van der Waals surface area contributed by atoms with Crippen molar-refractivity contribution >= 4 is 5.91 Å². The number of aliphatic hydroxyl groups is 1. The molecule has 1 saturated carbocycles. The number of nitrogens with one attached hydrogen (secondary N) is 1. The minimum absolute atomic E-state index is 0.0386. The van der Waals surface area contributed by atoms with Gasteiger partial charge in [0.05, 0.1) is 13.2 Å². The van der Waals surface area contributed by atoms with E-state index in [9.17, 15) is 9.90 Å². The summed E-state index contributed by atoms with van der Waals surface area (Å²) in [5.74, 6) is 0.721. The van der Waals surface area contributed by atoms with Crippen LogP contribution in [0.15, 0.2) is 36.0 Å². The quantitative estimate of drug-likeness (QED) is 0.397. The molecule has 0 bridgehead atoms. The maximum Gasteiger partial charge on any atom is 0.243 e. The number of allylic oxidation sites excluding steroid dienone is 4. The van der Waals surface area contributed by atoms with Crippen LogP contribution in [0.1, 0.15) is 58.8 Å².